The van der Waals surface area contributed by atoms with Crippen LogP contribution in [0.1, 0.15) is 44.0 Å². The fraction of sp³-hybridized carbons (Fsp3) is 0.526. The lowest BCUT2D eigenvalue weighted by atomic mass is 10.2. The second kappa shape index (κ2) is 9.46. The van der Waals surface area contributed by atoms with Gasteiger partial charge < -0.3 is 14.6 Å². The Balaban J connectivity index is 1.57. The van der Waals surface area contributed by atoms with Gasteiger partial charge in [-0.2, -0.15) is 0 Å². The molecule has 1 fully saturated rings. The molecule has 0 saturated heterocycles. The summed E-state index contributed by atoms with van der Waals surface area (Å²) in [6, 6.07) is 6.00. The summed E-state index contributed by atoms with van der Waals surface area (Å²) < 4.78 is 7.80. The SMILES string of the molecule is CCn1c(COc2cc(C)ccc2Cl)nnc1SCC(=O)NC1CCCC1. The molecular weight excluding hydrogens is 384 g/mol. The number of nitrogens with one attached hydrogen (secondary N) is 1. The zero-order chi connectivity index (χ0) is 19.2. The van der Waals surface area contributed by atoms with Crippen LogP contribution in [0.15, 0.2) is 23.4 Å². The maximum absolute atomic E-state index is 12.1. The summed E-state index contributed by atoms with van der Waals surface area (Å²) in [5, 5.41) is 12.8. The van der Waals surface area contributed by atoms with Crippen LogP contribution in [0, 0.1) is 6.92 Å². The van der Waals surface area contributed by atoms with Gasteiger partial charge in [-0.15, -0.1) is 10.2 Å². The van der Waals surface area contributed by atoms with Crippen molar-refractivity contribution < 1.29 is 9.53 Å². The molecule has 2 aromatic rings. The zero-order valence-corrected chi connectivity index (χ0v) is 17.3. The number of benzene rings is 1. The summed E-state index contributed by atoms with van der Waals surface area (Å²) >= 11 is 7.59. The van der Waals surface area contributed by atoms with Crippen LogP contribution in [-0.4, -0.2) is 32.5 Å². The van der Waals surface area contributed by atoms with Crippen molar-refractivity contribution in [2.45, 2.75) is 63.9 Å². The number of thioether (sulfide) groups is 1. The van der Waals surface area contributed by atoms with E-state index in [9.17, 15) is 4.79 Å². The first-order valence-corrected chi connectivity index (χ1v) is 10.7. The maximum atomic E-state index is 12.1. The molecule has 1 aliphatic rings. The van der Waals surface area contributed by atoms with Crippen molar-refractivity contribution in [1.29, 1.82) is 0 Å². The van der Waals surface area contributed by atoms with E-state index in [0.29, 0.717) is 34.9 Å². The number of hydrogen-bond acceptors (Lipinski definition) is 5. The van der Waals surface area contributed by atoms with Gasteiger partial charge in [-0.05, 0) is 44.4 Å². The Labute approximate surface area is 169 Å². The molecule has 1 aliphatic carbocycles. The van der Waals surface area contributed by atoms with Gasteiger partial charge in [-0.25, -0.2) is 0 Å². The number of hydrogen-bond donors (Lipinski definition) is 1. The monoisotopic (exact) mass is 408 g/mol. The van der Waals surface area contributed by atoms with Crippen LogP contribution in [-0.2, 0) is 17.9 Å². The summed E-state index contributed by atoms with van der Waals surface area (Å²) in [7, 11) is 0. The van der Waals surface area contributed by atoms with Crippen LogP contribution < -0.4 is 10.1 Å². The summed E-state index contributed by atoms with van der Waals surface area (Å²) in [5.74, 6) is 1.75. The molecule has 0 spiro atoms. The smallest absolute Gasteiger partial charge is 0.230 e. The van der Waals surface area contributed by atoms with Gasteiger partial charge in [-0.1, -0.05) is 42.3 Å². The lowest BCUT2D eigenvalue weighted by Gasteiger charge is -2.12. The molecule has 0 bridgehead atoms. The number of ether oxygens (including phenoxy) is 1. The number of carbonyl (C=O) groups excluding carboxylic acids is 1. The van der Waals surface area contributed by atoms with Crippen LogP contribution in [0.3, 0.4) is 0 Å². The number of aryl methyl sites for hydroxylation is 1. The highest BCUT2D eigenvalue weighted by Gasteiger charge is 2.18. The van der Waals surface area contributed by atoms with Crippen molar-refractivity contribution in [3.05, 3.63) is 34.6 Å². The highest BCUT2D eigenvalue weighted by molar-refractivity contribution is 7.99. The molecule has 6 nitrogen and oxygen atoms in total. The number of carbonyl (C=O) groups is 1. The Morgan fingerprint density at radius 3 is 2.89 bits per heavy atom. The highest BCUT2D eigenvalue weighted by atomic mass is 35.5. The van der Waals surface area contributed by atoms with Gasteiger partial charge in [0.15, 0.2) is 11.0 Å². The van der Waals surface area contributed by atoms with Crippen molar-refractivity contribution in [2.75, 3.05) is 5.75 Å². The third-order valence-electron chi connectivity index (χ3n) is 4.61. The topological polar surface area (TPSA) is 69.0 Å². The number of amides is 1. The van der Waals surface area contributed by atoms with Gasteiger partial charge in [0.2, 0.25) is 5.91 Å². The lowest BCUT2D eigenvalue weighted by Crippen LogP contribution is -2.33. The molecule has 0 unspecified atom stereocenters. The number of rotatable bonds is 8. The molecule has 27 heavy (non-hydrogen) atoms. The third kappa shape index (κ3) is 5.39. The minimum absolute atomic E-state index is 0.0573. The first kappa shape index (κ1) is 20.0. The van der Waals surface area contributed by atoms with Gasteiger partial charge in [0, 0.05) is 12.6 Å². The van der Waals surface area contributed by atoms with Gasteiger partial charge in [0.1, 0.15) is 12.4 Å². The fourth-order valence-electron chi connectivity index (χ4n) is 3.18. The predicted molar refractivity (Wildman–Crippen MR) is 107 cm³/mol. The lowest BCUT2D eigenvalue weighted by molar-refractivity contribution is -0.119. The number of nitrogens with zero attached hydrogens (tertiary/aromatic N) is 3. The van der Waals surface area contributed by atoms with E-state index < -0.39 is 0 Å². The molecule has 1 saturated carbocycles. The Hall–Kier alpha value is -1.73. The van der Waals surface area contributed by atoms with E-state index in [0.717, 1.165) is 23.6 Å². The van der Waals surface area contributed by atoms with Crippen molar-refractivity contribution in [2.24, 2.45) is 0 Å². The second-order valence-electron chi connectivity index (χ2n) is 6.70. The van der Waals surface area contributed by atoms with Crippen molar-refractivity contribution in [3.63, 3.8) is 0 Å². The van der Waals surface area contributed by atoms with Crippen LogP contribution >= 0.6 is 23.4 Å². The Morgan fingerprint density at radius 1 is 1.37 bits per heavy atom. The summed E-state index contributed by atoms with van der Waals surface area (Å²) in [5.41, 5.74) is 1.08. The molecule has 0 atom stereocenters. The van der Waals surface area contributed by atoms with Gasteiger partial charge >= 0.3 is 0 Å². The average molecular weight is 409 g/mol. The highest BCUT2D eigenvalue weighted by Crippen LogP contribution is 2.26. The minimum atomic E-state index is 0.0573. The summed E-state index contributed by atoms with van der Waals surface area (Å²) in [6.45, 7) is 5.00. The zero-order valence-electron chi connectivity index (χ0n) is 15.7. The minimum Gasteiger partial charge on any atom is -0.484 e. The Morgan fingerprint density at radius 2 is 2.15 bits per heavy atom. The number of halogens is 1. The maximum Gasteiger partial charge on any atom is 0.230 e. The molecule has 0 aliphatic heterocycles. The first-order valence-electron chi connectivity index (χ1n) is 9.30. The predicted octanol–water partition coefficient (Wildman–Crippen LogP) is 3.99. The molecule has 0 radical (unpaired) electrons. The standard InChI is InChI=1S/C19H25ClN4O2S/c1-3-24-17(11-26-16-10-13(2)8-9-15(16)20)22-23-19(24)27-12-18(25)21-14-6-4-5-7-14/h8-10,14H,3-7,11-12H2,1-2H3,(H,21,25). The largest absolute Gasteiger partial charge is 0.484 e. The molecule has 8 heteroatoms. The van der Waals surface area contributed by atoms with Crippen LogP contribution in [0.2, 0.25) is 5.02 Å². The van der Waals surface area contributed by atoms with E-state index in [-0.39, 0.29) is 12.5 Å². The van der Waals surface area contributed by atoms with E-state index in [1.54, 1.807) is 0 Å². The van der Waals surface area contributed by atoms with Crippen molar-refractivity contribution in [3.8, 4) is 5.75 Å². The fourth-order valence-corrected chi connectivity index (χ4v) is 4.19. The normalized spacial score (nSPS) is 14.5. The molecular formula is C19H25ClN4O2S. The summed E-state index contributed by atoms with van der Waals surface area (Å²) in [4.78, 5) is 12.1. The van der Waals surface area contributed by atoms with Gasteiger partial charge in [0.05, 0.1) is 10.8 Å². The summed E-state index contributed by atoms with van der Waals surface area (Å²) in [6.07, 6.45) is 4.59. The van der Waals surface area contributed by atoms with Crippen LogP contribution in [0.4, 0.5) is 0 Å². The van der Waals surface area contributed by atoms with Crippen molar-refractivity contribution in [1.82, 2.24) is 20.1 Å². The van der Waals surface area contributed by atoms with E-state index in [1.165, 1.54) is 24.6 Å². The van der Waals surface area contributed by atoms with Crippen LogP contribution in [0.5, 0.6) is 5.75 Å². The molecule has 1 aromatic carbocycles. The third-order valence-corrected chi connectivity index (χ3v) is 5.88. The van der Waals surface area contributed by atoms with Gasteiger partial charge in [0.25, 0.3) is 0 Å². The quantitative estimate of drug-likeness (QED) is 0.669. The van der Waals surface area contributed by atoms with E-state index >= 15 is 0 Å². The second-order valence-corrected chi connectivity index (χ2v) is 8.05. The number of aromatic nitrogens is 3. The molecule has 1 heterocycles. The van der Waals surface area contributed by atoms with E-state index in [1.807, 2.05) is 36.6 Å². The molecule has 3 rings (SSSR count). The van der Waals surface area contributed by atoms with Crippen molar-refractivity contribution >= 4 is 29.3 Å². The average Bonchev–Trinajstić information content (AvgIpc) is 3.30. The molecule has 1 amide bonds. The van der Waals surface area contributed by atoms with Crippen LogP contribution in [0.25, 0.3) is 0 Å². The molecule has 1 N–H and O–H groups in total. The van der Waals surface area contributed by atoms with Gasteiger partial charge in [-0.3, -0.25) is 4.79 Å². The Kier molecular flexibility index (Phi) is 7.01. The van der Waals surface area contributed by atoms with E-state index in [4.69, 9.17) is 16.3 Å². The molecule has 1 aromatic heterocycles. The van der Waals surface area contributed by atoms with E-state index in [2.05, 4.69) is 15.5 Å². The first-order chi connectivity index (χ1) is 13.1. The molecule has 146 valence electrons. The Bertz CT molecular complexity index is 790.